The van der Waals surface area contributed by atoms with Gasteiger partial charge in [-0.1, -0.05) is 0 Å². The van der Waals surface area contributed by atoms with Gasteiger partial charge in [0.1, 0.15) is 6.61 Å². The van der Waals surface area contributed by atoms with Gasteiger partial charge in [0.15, 0.2) is 0 Å². The molecule has 10 heavy (non-hydrogen) atoms. The van der Waals surface area contributed by atoms with Crippen LogP contribution in [0.5, 0.6) is 0 Å². The van der Waals surface area contributed by atoms with Gasteiger partial charge in [-0.05, 0) is 12.8 Å². The van der Waals surface area contributed by atoms with E-state index in [-0.39, 0.29) is 5.92 Å². The minimum atomic E-state index is -1.34. The Morgan fingerprint density at radius 2 is 2.30 bits per heavy atom. The molecule has 1 fully saturated rings. The molecule has 4 heteroatoms. The molecule has 0 saturated heterocycles. The van der Waals surface area contributed by atoms with Crippen molar-refractivity contribution >= 4 is 5.97 Å². The largest absolute Gasteiger partial charge is 0.433 e. The zero-order chi connectivity index (χ0) is 7.56. The molecule has 0 radical (unpaired) electrons. The maximum absolute atomic E-state index is 10.7. The highest BCUT2D eigenvalue weighted by molar-refractivity contribution is 5.74. The summed E-state index contributed by atoms with van der Waals surface area (Å²) in [4.78, 5) is 10.7. The van der Waals surface area contributed by atoms with Gasteiger partial charge >= 0.3 is 5.97 Å². The highest BCUT2D eigenvalue weighted by Crippen LogP contribution is 2.30. The van der Waals surface area contributed by atoms with Crippen LogP contribution in [0.15, 0.2) is 0 Å². The standard InChI is InChI=1S/C6H10O4/c7-3-5(8)10-6(9)4-1-2-4/h4-5,7-8H,1-3H2/t5-/m0/s1. The Balaban J connectivity index is 2.16. The molecule has 0 bridgehead atoms. The first-order chi connectivity index (χ1) is 4.74. The molecule has 0 spiro atoms. The van der Waals surface area contributed by atoms with Crippen LogP contribution in [0.1, 0.15) is 12.8 Å². The number of carbonyl (C=O) groups is 1. The average Bonchev–Trinajstić information content (AvgIpc) is 2.68. The lowest BCUT2D eigenvalue weighted by molar-refractivity contribution is -0.175. The Hall–Kier alpha value is -0.610. The molecule has 4 nitrogen and oxygen atoms in total. The first-order valence-corrected chi connectivity index (χ1v) is 3.23. The number of esters is 1. The summed E-state index contributed by atoms with van der Waals surface area (Å²) in [5.41, 5.74) is 0. The summed E-state index contributed by atoms with van der Waals surface area (Å²) in [7, 11) is 0. The Morgan fingerprint density at radius 3 is 2.70 bits per heavy atom. The molecule has 0 aromatic rings. The van der Waals surface area contributed by atoms with Crippen molar-refractivity contribution < 1.29 is 19.7 Å². The van der Waals surface area contributed by atoms with Gasteiger partial charge in [-0.25, -0.2) is 0 Å². The zero-order valence-electron chi connectivity index (χ0n) is 5.49. The smallest absolute Gasteiger partial charge is 0.311 e. The first-order valence-electron chi connectivity index (χ1n) is 3.23. The van der Waals surface area contributed by atoms with E-state index in [4.69, 9.17) is 10.2 Å². The van der Waals surface area contributed by atoms with Crippen LogP contribution in [0.2, 0.25) is 0 Å². The Bertz CT molecular complexity index is 130. The Labute approximate surface area is 58.4 Å². The number of rotatable bonds is 3. The van der Waals surface area contributed by atoms with Crippen LogP contribution >= 0.6 is 0 Å². The number of hydrogen-bond donors (Lipinski definition) is 2. The van der Waals surface area contributed by atoms with E-state index in [1.165, 1.54) is 0 Å². The molecule has 0 aliphatic heterocycles. The van der Waals surface area contributed by atoms with Crippen molar-refractivity contribution in [2.24, 2.45) is 5.92 Å². The third kappa shape index (κ3) is 1.97. The quantitative estimate of drug-likeness (QED) is 0.406. The van der Waals surface area contributed by atoms with Crippen molar-refractivity contribution in [1.82, 2.24) is 0 Å². The predicted molar refractivity (Wildman–Crippen MR) is 31.9 cm³/mol. The number of hydrogen-bond acceptors (Lipinski definition) is 4. The monoisotopic (exact) mass is 146 g/mol. The summed E-state index contributed by atoms with van der Waals surface area (Å²) in [6.07, 6.45) is 0.349. The van der Waals surface area contributed by atoms with E-state index in [2.05, 4.69) is 4.74 Å². The van der Waals surface area contributed by atoms with Gasteiger partial charge in [-0.2, -0.15) is 0 Å². The second kappa shape index (κ2) is 2.98. The highest BCUT2D eigenvalue weighted by Gasteiger charge is 2.32. The van der Waals surface area contributed by atoms with Crippen molar-refractivity contribution in [3.8, 4) is 0 Å². The molecule has 1 saturated carbocycles. The van der Waals surface area contributed by atoms with Gasteiger partial charge in [-0.3, -0.25) is 4.79 Å². The van der Waals surface area contributed by atoms with E-state index in [9.17, 15) is 4.79 Å². The summed E-state index contributed by atoms with van der Waals surface area (Å²) >= 11 is 0. The summed E-state index contributed by atoms with van der Waals surface area (Å²) in [6.45, 7) is -0.529. The molecule has 0 aromatic carbocycles. The number of carbonyl (C=O) groups excluding carboxylic acids is 1. The van der Waals surface area contributed by atoms with Crippen LogP contribution < -0.4 is 0 Å². The van der Waals surface area contributed by atoms with Crippen molar-refractivity contribution in [2.75, 3.05) is 6.61 Å². The van der Waals surface area contributed by atoms with E-state index < -0.39 is 18.9 Å². The molecule has 0 heterocycles. The number of aliphatic hydroxyl groups is 2. The summed E-state index contributed by atoms with van der Waals surface area (Å²) < 4.78 is 4.39. The van der Waals surface area contributed by atoms with E-state index >= 15 is 0 Å². The van der Waals surface area contributed by atoms with E-state index in [1.54, 1.807) is 0 Å². The normalized spacial score (nSPS) is 20.2. The maximum Gasteiger partial charge on any atom is 0.311 e. The fourth-order valence-electron chi connectivity index (χ4n) is 0.587. The fourth-order valence-corrected chi connectivity index (χ4v) is 0.587. The van der Waals surface area contributed by atoms with Crippen molar-refractivity contribution in [1.29, 1.82) is 0 Å². The first kappa shape index (κ1) is 7.50. The molecule has 1 rings (SSSR count). The number of aliphatic hydroxyl groups excluding tert-OH is 2. The molecule has 58 valence electrons. The van der Waals surface area contributed by atoms with Gasteiger partial charge in [0.05, 0.1) is 5.92 Å². The molecule has 0 aromatic heterocycles. The molecule has 1 aliphatic carbocycles. The maximum atomic E-state index is 10.7. The SMILES string of the molecule is O=C(O[C@H](O)CO)C1CC1. The van der Waals surface area contributed by atoms with Gasteiger partial charge < -0.3 is 14.9 Å². The van der Waals surface area contributed by atoms with Gasteiger partial charge in [0.2, 0.25) is 6.29 Å². The van der Waals surface area contributed by atoms with Crippen molar-refractivity contribution in [3.05, 3.63) is 0 Å². The predicted octanol–water partition coefficient (Wildman–Crippen LogP) is -0.750. The molecule has 0 unspecified atom stereocenters. The van der Waals surface area contributed by atoms with Crippen LogP contribution in [0.4, 0.5) is 0 Å². The fraction of sp³-hybridized carbons (Fsp3) is 0.833. The minimum absolute atomic E-state index is 0.0267. The van der Waals surface area contributed by atoms with Crippen LogP contribution in [-0.4, -0.2) is 29.1 Å². The molecule has 0 amide bonds. The van der Waals surface area contributed by atoms with E-state index in [1.807, 2.05) is 0 Å². The molecular formula is C6H10O4. The van der Waals surface area contributed by atoms with E-state index in [0.717, 1.165) is 12.8 Å². The van der Waals surface area contributed by atoms with Crippen molar-refractivity contribution in [3.63, 3.8) is 0 Å². The third-order valence-electron chi connectivity index (χ3n) is 1.32. The minimum Gasteiger partial charge on any atom is -0.433 e. The average molecular weight is 146 g/mol. The molecule has 1 aliphatic rings. The molecular weight excluding hydrogens is 136 g/mol. The van der Waals surface area contributed by atoms with Gasteiger partial charge in [0, 0.05) is 0 Å². The van der Waals surface area contributed by atoms with Gasteiger partial charge in [-0.15, -0.1) is 0 Å². The second-order valence-corrected chi connectivity index (χ2v) is 2.35. The summed E-state index contributed by atoms with van der Waals surface area (Å²) in [6, 6.07) is 0. The lowest BCUT2D eigenvalue weighted by atomic mass is 10.4. The van der Waals surface area contributed by atoms with E-state index in [0.29, 0.717) is 0 Å². The van der Waals surface area contributed by atoms with Crippen LogP contribution in [0, 0.1) is 5.92 Å². The van der Waals surface area contributed by atoms with Crippen LogP contribution in [0.3, 0.4) is 0 Å². The number of ether oxygens (including phenoxy) is 1. The Kier molecular flexibility index (Phi) is 2.24. The Morgan fingerprint density at radius 1 is 1.70 bits per heavy atom. The summed E-state index contributed by atoms with van der Waals surface area (Å²) in [5.74, 6) is -0.428. The van der Waals surface area contributed by atoms with Crippen LogP contribution in [-0.2, 0) is 9.53 Å². The van der Waals surface area contributed by atoms with Crippen molar-refractivity contribution in [2.45, 2.75) is 19.1 Å². The lowest BCUT2D eigenvalue weighted by Crippen LogP contribution is -2.21. The zero-order valence-corrected chi connectivity index (χ0v) is 5.49. The summed E-state index contributed by atoms with van der Waals surface area (Å²) in [5, 5.41) is 16.9. The van der Waals surface area contributed by atoms with Crippen LogP contribution in [0.25, 0.3) is 0 Å². The lowest BCUT2D eigenvalue weighted by Gasteiger charge is -2.07. The third-order valence-corrected chi connectivity index (χ3v) is 1.32. The van der Waals surface area contributed by atoms with Gasteiger partial charge in [0.25, 0.3) is 0 Å². The molecule has 1 atom stereocenters. The molecule has 2 N–H and O–H groups in total. The highest BCUT2D eigenvalue weighted by atomic mass is 16.6. The topological polar surface area (TPSA) is 66.8 Å². The second-order valence-electron chi connectivity index (χ2n) is 2.35.